The van der Waals surface area contributed by atoms with Gasteiger partial charge in [0, 0.05) is 31.3 Å². The van der Waals surface area contributed by atoms with Crippen LogP contribution in [0.3, 0.4) is 0 Å². The Hall–Kier alpha value is -3.18. The van der Waals surface area contributed by atoms with E-state index in [0.717, 1.165) is 12.8 Å². The van der Waals surface area contributed by atoms with Gasteiger partial charge in [0.05, 0.1) is 0 Å². The van der Waals surface area contributed by atoms with Crippen LogP contribution in [0.25, 0.3) is 0 Å². The number of halogens is 3. The van der Waals surface area contributed by atoms with E-state index in [1.54, 1.807) is 18.7 Å². The van der Waals surface area contributed by atoms with Crippen LogP contribution in [-0.2, 0) is 17.4 Å². The third-order valence-electron chi connectivity index (χ3n) is 5.80. The summed E-state index contributed by atoms with van der Waals surface area (Å²) in [5.41, 5.74) is 6.64. The standard InChI is InChI=1S/C21H27F3N6O3/c1-11-15(17(25)29-20(27-11)21(22,23)24)5-4-14-6-8-30(9-7-14)19(32)12(2)26-18(31)16-10-33-13(3)28-16/h10,12,14H,4-9H2,1-3H3,(H,26,31)(H2,25,27,29)/t12-/m0/s1. The van der Waals surface area contributed by atoms with E-state index in [1.165, 1.54) is 13.2 Å². The Labute approximate surface area is 189 Å². The third kappa shape index (κ3) is 5.99. The summed E-state index contributed by atoms with van der Waals surface area (Å²) < 4.78 is 43.5. The van der Waals surface area contributed by atoms with Crippen LogP contribution in [0.4, 0.5) is 19.0 Å². The minimum absolute atomic E-state index is 0.118. The number of hydrogen-bond acceptors (Lipinski definition) is 7. The predicted molar refractivity (Wildman–Crippen MR) is 112 cm³/mol. The predicted octanol–water partition coefficient (Wildman–Crippen LogP) is 2.67. The zero-order valence-corrected chi connectivity index (χ0v) is 18.7. The lowest BCUT2D eigenvalue weighted by Gasteiger charge is -2.33. The monoisotopic (exact) mass is 468 g/mol. The van der Waals surface area contributed by atoms with Gasteiger partial charge in [0.1, 0.15) is 18.1 Å². The number of likely N-dealkylation sites (tertiary alicyclic amines) is 1. The maximum Gasteiger partial charge on any atom is 0.451 e. The summed E-state index contributed by atoms with van der Waals surface area (Å²) in [5.74, 6) is -1.38. The number of rotatable bonds is 6. The molecule has 0 bridgehead atoms. The molecule has 1 aliphatic rings. The Morgan fingerprint density at radius 2 is 1.91 bits per heavy atom. The molecule has 2 aromatic heterocycles. The highest BCUT2D eigenvalue weighted by atomic mass is 19.4. The number of oxazole rings is 1. The molecule has 3 rings (SSSR count). The molecule has 1 saturated heterocycles. The highest BCUT2D eigenvalue weighted by Gasteiger charge is 2.36. The number of nitrogens with two attached hydrogens (primary N) is 1. The van der Waals surface area contributed by atoms with E-state index in [4.69, 9.17) is 10.2 Å². The first kappa shape index (κ1) is 24.5. The number of aromatic nitrogens is 3. The van der Waals surface area contributed by atoms with Gasteiger partial charge in [-0.1, -0.05) is 0 Å². The van der Waals surface area contributed by atoms with Crippen molar-refractivity contribution in [1.82, 2.24) is 25.2 Å². The summed E-state index contributed by atoms with van der Waals surface area (Å²) in [7, 11) is 0. The van der Waals surface area contributed by atoms with Crippen LogP contribution < -0.4 is 11.1 Å². The molecule has 12 heteroatoms. The number of nitrogens with one attached hydrogen (secondary N) is 1. The fraction of sp³-hybridized carbons (Fsp3) is 0.571. The van der Waals surface area contributed by atoms with Crippen molar-refractivity contribution in [1.29, 1.82) is 0 Å². The van der Waals surface area contributed by atoms with E-state index in [0.29, 0.717) is 37.4 Å². The van der Waals surface area contributed by atoms with Crippen LogP contribution in [-0.4, -0.2) is 50.8 Å². The Morgan fingerprint density at radius 3 is 2.45 bits per heavy atom. The van der Waals surface area contributed by atoms with E-state index >= 15 is 0 Å². The van der Waals surface area contributed by atoms with Crippen LogP contribution in [0, 0.1) is 19.8 Å². The molecule has 33 heavy (non-hydrogen) atoms. The second-order valence-corrected chi connectivity index (χ2v) is 8.25. The van der Waals surface area contributed by atoms with Crippen molar-refractivity contribution >= 4 is 17.6 Å². The van der Waals surface area contributed by atoms with Crippen molar-refractivity contribution < 1.29 is 27.2 Å². The highest BCUT2D eigenvalue weighted by molar-refractivity contribution is 5.95. The number of anilines is 1. The molecule has 1 aliphatic heterocycles. The first-order valence-electron chi connectivity index (χ1n) is 10.7. The van der Waals surface area contributed by atoms with Gasteiger partial charge in [0.15, 0.2) is 11.6 Å². The molecule has 0 radical (unpaired) electrons. The van der Waals surface area contributed by atoms with E-state index in [2.05, 4.69) is 20.3 Å². The molecule has 0 unspecified atom stereocenters. The lowest BCUT2D eigenvalue weighted by molar-refractivity contribution is -0.145. The lowest BCUT2D eigenvalue weighted by Crippen LogP contribution is -2.49. The first-order chi connectivity index (χ1) is 15.5. The number of alkyl halides is 3. The van der Waals surface area contributed by atoms with Gasteiger partial charge in [0.2, 0.25) is 11.7 Å². The summed E-state index contributed by atoms with van der Waals surface area (Å²) in [6.45, 7) is 5.81. The summed E-state index contributed by atoms with van der Waals surface area (Å²) in [5, 5.41) is 2.63. The molecule has 0 aromatic carbocycles. The molecule has 2 amide bonds. The summed E-state index contributed by atoms with van der Waals surface area (Å²) in [6, 6.07) is -0.710. The number of amides is 2. The smallest absolute Gasteiger partial charge is 0.448 e. The minimum Gasteiger partial charge on any atom is -0.448 e. The van der Waals surface area contributed by atoms with Crippen LogP contribution in [0.2, 0.25) is 0 Å². The third-order valence-corrected chi connectivity index (χ3v) is 5.80. The van der Waals surface area contributed by atoms with Crippen molar-refractivity contribution in [2.75, 3.05) is 18.8 Å². The first-order valence-corrected chi connectivity index (χ1v) is 10.7. The van der Waals surface area contributed by atoms with Crippen molar-refractivity contribution in [3.63, 3.8) is 0 Å². The van der Waals surface area contributed by atoms with Gasteiger partial charge >= 0.3 is 6.18 Å². The van der Waals surface area contributed by atoms with E-state index in [1.807, 2.05) is 0 Å². The topological polar surface area (TPSA) is 127 Å². The number of piperidine rings is 1. The molecule has 0 aliphatic carbocycles. The van der Waals surface area contributed by atoms with Gasteiger partial charge in [-0.3, -0.25) is 9.59 Å². The Kier molecular flexibility index (Phi) is 7.23. The van der Waals surface area contributed by atoms with Crippen molar-refractivity contribution in [2.24, 2.45) is 5.92 Å². The highest BCUT2D eigenvalue weighted by Crippen LogP contribution is 2.30. The minimum atomic E-state index is -4.64. The Morgan fingerprint density at radius 1 is 1.24 bits per heavy atom. The molecule has 1 fully saturated rings. The van der Waals surface area contributed by atoms with Gasteiger partial charge < -0.3 is 20.4 Å². The molecule has 3 N–H and O–H groups in total. The van der Waals surface area contributed by atoms with Crippen molar-refractivity contribution in [3.05, 3.63) is 34.9 Å². The van der Waals surface area contributed by atoms with Gasteiger partial charge in [-0.15, -0.1) is 0 Å². The summed E-state index contributed by atoms with van der Waals surface area (Å²) >= 11 is 0. The molecule has 1 atom stereocenters. The molecular formula is C21H27F3N6O3. The molecule has 0 saturated carbocycles. The number of carbonyl (C=O) groups excluding carboxylic acids is 2. The maximum absolute atomic E-state index is 12.8. The van der Waals surface area contributed by atoms with Crippen LogP contribution in [0.15, 0.2) is 10.7 Å². The van der Waals surface area contributed by atoms with Crippen molar-refractivity contribution in [2.45, 2.75) is 58.7 Å². The number of nitrogen functional groups attached to an aromatic ring is 1. The van der Waals surface area contributed by atoms with Crippen LogP contribution in [0.1, 0.15) is 59.6 Å². The van der Waals surface area contributed by atoms with Crippen LogP contribution >= 0.6 is 0 Å². The molecule has 180 valence electrons. The average Bonchev–Trinajstić information content (AvgIpc) is 3.18. The SMILES string of the molecule is Cc1nc(C(=O)N[C@@H](C)C(=O)N2CCC(CCc3c(C)nc(C(F)(F)F)nc3N)CC2)co1. The molecule has 2 aromatic rings. The van der Waals surface area contributed by atoms with E-state index < -0.39 is 23.9 Å². The Bertz CT molecular complexity index is 992. The fourth-order valence-electron chi connectivity index (χ4n) is 3.92. The second-order valence-electron chi connectivity index (χ2n) is 8.25. The zero-order valence-electron chi connectivity index (χ0n) is 18.7. The summed E-state index contributed by atoms with van der Waals surface area (Å²) in [6.07, 6.45) is -0.729. The summed E-state index contributed by atoms with van der Waals surface area (Å²) in [4.78, 5) is 37.5. The molecule has 0 spiro atoms. The van der Waals surface area contributed by atoms with Gasteiger partial charge in [0.25, 0.3) is 5.91 Å². The van der Waals surface area contributed by atoms with Gasteiger partial charge in [-0.2, -0.15) is 13.2 Å². The number of nitrogens with zero attached hydrogens (tertiary/aromatic N) is 4. The van der Waals surface area contributed by atoms with Crippen molar-refractivity contribution in [3.8, 4) is 0 Å². The normalized spacial score (nSPS) is 16.0. The average molecular weight is 468 g/mol. The number of hydrogen-bond donors (Lipinski definition) is 2. The van der Waals surface area contributed by atoms with Gasteiger partial charge in [-0.25, -0.2) is 15.0 Å². The Balaban J connectivity index is 1.49. The maximum atomic E-state index is 12.8. The fourth-order valence-corrected chi connectivity index (χ4v) is 3.92. The molecular weight excluding hydrogens is 441 g/mol. The zero-order chi connectivity index (χ0) is 24.3. The number of aryl methyl sites for hydroxylation is 2. The van der Waals surface area contributed by atoms with E-state index in [9.17, 15) is 22.8 Å². The second kappa shape index (κ2) is 9.75. The quantitative estimate of drug-likeness (QED) is 0.667. The molecule has 3 heterocycles. The lowest BCUT2D eigenvalue weighted by atomic mass is 9.90. The van der Waals surface area contributed by atoms with Gasteiger partial charge in [-0.05, 0) is 45.4 Å². The molecule has 9 nitrogen and oxygen atoms in total. The van der Waals surface area contributed by atoms with E-state index in [-0.39, 0.29) is 29.0 Å². The van der Waals surface area contributed by atoms with Crippen LogP contribution in [0.5, 0.6) is 0 Å². The largest absolute Gasteiger partial charge is 0.451 e. The number of carbonyl (C=O) groups is 2.